The average Bonchev–Trinajstić information content (AvgIpc) is 2.65. The molecule has 1 aromatic rings. The van der Waals surface area contributed by atoms with E-state index in [1.807, 2.05) is 6.92 Å². The lowest BCUT2D eigenvalue weighted by atomic mass is 10.2. The summed E-state index contributed by atoms with van der Waals surface area (Å²) in [6.07, 6.45) is 0.671. The van der Waals surface area contributed by atoms with Crippen molar-refractivity contribution in [3.63, 3.8) is 0 Å². The van der Waals surface area contributed by atoms with Crippen molar-refractivity contribution in [1.29, 1.82) is 0 Å². The van der Waals surface area contributed by atoms with Gasteiger partial charge >= 0.3 is 0 Å². The van der Waals surface area contributed by atoms with Crippen molar-refractivity contribution in [2.24, 2.45) is 0 Å². The number of anilines is 1. The van der Waals surface area contributed by atoms with Gasteiger partial charge < -0.3 is 19.5 Å². The van der Waals surface area contributed by atoms with Gasteiger partial charge in [0.15, 0.2) is 11.5 Å². The zero-order valence-corrected chi connectivity index (χ0v) is 16.0. The Hall–Kier alpha value is -2.00. The Kier molecular flexibility index (Phi) is 7.52. The number of ether oxygens (including phenoxy) is 3. The SMILES string of the molecule is CCOCCCNC(=O)CN(c1ccc2c(c1)OCCO2)S(=O)(=O)CC. The normalized spacial score (nSPS) is 13.3. The van der Waals surface area contributed by atoms with Gasteiger partial charge in [-0.05, 0) is 32.4 Å². The van der Waals surface area contributed by atoms with Crippen molar-refractivity contribution in [1.82, 2.24) is 5.32 Å². The van der Waals surface area contributed by atoms with Crippen LogP contribution in [0.25, 0.3) is 0 Å². The Labute approximate surface area is 154 Å². The number of hydrogen-bond donors (Lipinski definition) is 1. The third-order valence-electron chi connectivity index (χ3n) is 3.79. The van der Waals surface area contributed by atoms with Crippen molar-refractivity contribution in [2.75, 3.05) is 49.6 Å². The van der Waals surface area contributed by atoms with Crippen LogP contribution in [0.2, 0.25) is 0 Å². The number of benzene rings is 1. The van der Waals surface area contributed by atoms with E-state index in [0.717, 1.165) is 4.31 Å². The number of sulfonamides is 1. The van der Waals surface area contributed by atoms with Crippen LogP contribution in [0.1, 0.15) is 20.3 Å². The maximum atomic E-state index is 12.5. The number of hydrogen-bond acceptors (Lipinski definition) is 6. The molecule has 1 N–H and O–H groups in total. The zero-order chi connectivity index (χ0) is 19.0. The molecular formula is C17H26N2O6S. The Morgan fingerprint density at radius 2 is 1.96 bits per heavy atom. The molecule has 0 fully saturated rings. The lowest BCUT2D eigenvalue weighted by Crippen LogP contribution is -2.42. The molecule has 146 valence electrons. The summed E-state index contributed by atoms with van der Waals surface area (Å²) >= 11 is 0. The van der Waals surface area contributed by atoms with Crippen molar-refractivity contribution >= 4 is 21.6 Å². The van der Waals surface area contributed by atoms with E-state index in [-0.39, 0.29) is 18.2 Å². The van der Waals surface area contributed by atoms with E-state index < -0.39 is 10.0 Å². The monoisotopic (exact) mass is 386 g/mol. The fourth-order valence-corrected chi connectivity index (χ4v) is 3.49. The molecule has 1 amide bonds. The summed E-state index contributed by atoms with van der Waals surface area (Å²) in [7, 11) is -3.62. The first kappa shape index (κ1) is 20.3. The van der Waals surface area contributed by atoms with Crippen LogP contribution in [0.3, 0.4) is 0 Å². The maximum absolute atomic E-state index is 12.5. The molecule has 0 radical (unpaired) electrons. The van der Waals surface area contributed by atoms with Gasteiger partial charge in [0.05, 0.1) is 11.4 Å². The summed E-state index contributed by atoms with van der Waals surface area (Å²) in [4.78, 5) is 12.2. The Morgan fingerprint density at radius 1 is 1.23 bits per heavy atom. The minimum Gasteiger partial charge on any atom is -0.486 e. The lowest BCUT2D eigenvalue weighted by molar-refractivity contribution is -0.119. The largest absolute Gasteiger partial charge is 0.486 e. The van der Waals surface area contributed by atoms with E-state index in [1.165, 1.54) is 0 Å². The summed E-state index contributed by atoms with van der Waals surface area (Å²) in [5.74, 6) is 0.559. The predicted molar refractivity (Wildman–Crippen MR) is 98.4 cm³/mol. The van der Waals surface area contributed by atoms with Gasteiger partial charge in [0.25, 0.3) is 0 Å². The summed E-state index contributed by atoms with van der Waals surface area (Å²) in [6.45, 7) is 5.62. The minimum atomic E-state index is -3.62. The van der Waals surface area contributed by atoms with Crippen LogP contribution in [0, 0.1) is 0 Å². The molecular weight excluding hydrogens is 360 g/mol. The van der Waals surface area contributed by atoms with Gasteiger partial charge in [-0.25, -0.2) is 8.42 Å². The lowest BCUT2D eigenvalue weighted by Gasteiger charge is -2.25. The van der Waals surface area contributed by atoms with Crippen LogP contribution in [-0.4, -0.2) is 59.6 Å². The second-order valence-corrected chi connectivity index (χ2v) is 7.82. The Balaban J connectivity index is 2.08. The summed E-state index contributed by atoms with van der Waals surface area (Å²) in [6, 6.07) is 4.86. The van der Waals surface area contributed by atoms with Crippen molar-refractivity contribution < 1.29 is 27.4 Å². The Morgan fingerprint density at radius 3 is 2.65 bits per heavy atom. The molecule has 8 nitrogen and oxygen atoms in total. The number of rotatable bonds is 10. The van der Waals surface area contributed by atoms with Crippen LogP contribution in [0.15, 0.2) is 18.2 Å². The molecule has 1 aliphatic heterocycles. The number of amides is 1. The van der Waals surface area contributed by atoms with Gasteiger partial charge in [-0.2, -0.15) is 0 Å². The number of carbonyl (C=O) groups is 1. The summed E-state index contributed by atoms with van der Waals surface area (Å²) in [5.41, 5.74) is 0.376. The van der Waals surface area contributed by atoms with Crippen LogP contribution >= 0.6 is 0 Å². The summed E-state index contributed by atoms with van der Waals surface area (Å²) < 4.78 is 42.2. The fourth-order valence-electron chi connectivity index (χ4n) is 2.43. The Bertz CT molecular complexity index is 707. The molecule has 1 heterocycles. The van der Waals surface area contributed by atoms with E-state index in [4.69, 9.17) is 14.2 Å². The highest BCUT2D eigenvalue weighted by Crippen LogP contribution is 2.34. The average molecular weight is 386 g/mol. The molecule has 0 bridgehead atoms. The third kappa shape index (κ3) is 5.50. The van der Waals surface area contributed by atoms with Crippen LogP contribution < -0.4 is 19.1 Å². The quantitative estimate of drug-likeness (QED) is 0.607. The predicted octanol–water partition coefficient (Wildman–Crippen LogP) is 1.16. The van der Waals surface area contributed by atoms with Crippen LogP contribution in [-0.2, 0) is 19.6 Å². The van der Waals surface area contributed by atoms with E-state index in [1.54, 1.807) is 25.1 Å². The van der Waals surface area contributed by atoms with Crippen LogP contribution in [0.5, 0.6) is 11.5 Å². The first-order valence-corrected chi connectivity index (χ1v) is 10.3. The van der Waals surface area contributed by atoms with E-state index in [0.29, 0.717) is 56.6 Å². The number of carbonyl (C=O) groups excluding carboxylic acids is 1. The smallest absolute Gasteiger partial charge is 0.240 e. The minimum absolute atomic E-state index is 0.112. The van der Waals surface area contributed by atoms with Crippen molar-refractivity contribution in [3.8, 4) is 11.5 Å². The molecule has 2 rings (SSSR count). The summed E-state index contributed by atoms with van der Waals surface area (Å²) in [5, 5.41) is 2.72. The third-order valence-corrected chi connectivity index (χ3v) is 5.53. The molecule has 0 saturated heterocycles. The fraction of sp³-hybridized carbons (Fsp3) is 0.588. The molecule has 0 aliphatic carbocycles. The highest BCUT2D eigenvalue weighted by molar-refractivity contribution is 7.92. The first-order chi connectivity index (χ1) is 12.5. The van der Waals surface area contributed by atoms with Crippen molar-refractivity contribution in [2.45, 2.75) is 20.3 Å². The van der Waals surface area contributed by atoms with Gasteiger partial charge in [0.2, 0.25) is 15.9 Å². The molecule has 26 heavy (non-hydrogen) atoms. The topological polar surface area (TPSA) is 94.2 Å². The highest BCUT2D eigenvalue weighted by Gasteiger charge is 2.25. The highest BCUT2D eigenvalue weighted by atomic mass is 32.2. The van der Waals surface area contributed by atoms with E-state index >= 15 is 0 Å². The molecule has 1 aliphatic rings. The van der Waals surface area contributed by atoms with Gasteiger partial charge in [-0.15, -0.1) is 0 Å². The van der Waals surface area contributed by atoms with Gasteiger partial charge in [0.1, 0.15) is 19.8 Å². The maximum Gasteiger partial charge on any atom is 0.240 e. The van der Waals surface area contributed by atoms with Crippen molar-refractivity contribution in [3.05, 3.63) is 18.2 Å². The zero-order valence-electron chi connectivity index (χ0n) is 15.2. The van der Waals surface area contributed by atoms with Gasteiger partial charge in [-0.3, -0.25) is 9.10 Å². The number of nitrogens with zero attached hydrogens (tertiary/aromatic N) is 1. The van der Waals surface area contributed by atoms with Crippen LogP contribution in [0.4, 0.5) is 5.69 Å². The first-order valence-electron chi connectivity index (χ1n) is 8.72. The molecule has 0 atom stereocenters. The molecule has 0 aromatic heterocycles. The second kappa shape index (κ2) is 9.63. The van der Waals surface area contributed by atoms with Gasteiger partial charge in [-0.1, -0.05) is 0 Å². The molecule has 1 aromatic carbocycles. The van der Waals surface area contributed by atoms with Gasteiger partial charge in [0, 0.05) is 25.8 Å². The molecule has 0 unspecified atom stereocenters. The molecule has 9 heteroatoms. The standard InChI is InChI=1S/C17H26N2O6S/c1-3-23-9-5-8-18-17(20)13-19(26(21,22)4-2)14-6-7-15-16(12-14)25-11-10-24-15/h6-7,12H,3-5,8-11,13H2,1-2H3,(H,18,20). The van der Waals surface area contributed by atoms with E-state index in [9.17, 15) is 13.2 Å². The molecule has 0 saturated carbocycles. The number of fused-ring (bicyclic) bond motifs is 1. The second-order valence-electron chi connectivity index (χ2n) is 5.64. The number of nitrogens with one attached hydrogen (secondary N) is 1. The molecule has 0 spiro atoms. The van der Waals surface area contributed by atoms with E-state index in [2.05, 4.69) is 5.32 Å².